The SMILES string of the molecule is Cc1cc(NC(=O)CN(C)C(=O)COCC2CC2)no1. The maximum absolute atomic E-state index is 11.7. The molecule has 110 valence electrons. The van der Waals surface area contributed by atoms with Crippen molar-refractivity contribution in [2.45, 2.75) is 19.8 Å². The van der Waals surface area contributed by atoms with Gasteiger partial charge in [-0.2, -0.15) is 0 Å². The summed E-state index contributed by atoms with van der Waals surface area (Å²) < 4.78 is 10.1. The van der Waals surface area contributed by atoms with Crippen LogP contribution in [0.25, 0.3) is 0 Å². The van der Waals surface area contributed by atoms with Crippen molar-refractivity contribution in [3.8, 4) is 0 Å². The highest BCUT2D eigenvalue weighted by molar-refractivity contribution is 5.93. The van der Waals surface area contributed by atoms with E-state index in [1.54, 1.807) is 20.0 Å². The maximum atomic E-state index is 11.7. The molecule has 1 aliphatic carbocycles. The molecule has 0 atom stereocenters. The molecule has 7 heteroatoms. The van der Waals surface area contributed by atoms with Gasteiger partial charge in [0, 0.05) is 13.1 Å². The summed E-state index contributed by atoms with van der Waals surface area (Å²) in [5.74, 6) is 1.04. The first-order chi connectivity index (χ1) is 9.54. The lowest BCUT2D eigenvalue weighted by atomic mass is 10.4. The van der Waals surface area contributed by atoms with Crippen molar-refractivity contribution in [2.75, 3.05) is 32.1 Å². The van der Waals surface area contributed by atoms with Crippen molar-refractivity contribution < 1.29 is 18.8 Å². The molecule has 1 heterocycles. The Labute approximate surface area is 117 Å². The van der Waals surface area contributed by atoms with Gasteiger partial charge in [-0.1, -0.05) is 5.16 Å². The lowest BCUT2D eigenvalue weighted by molar-refractivity contribution is -0.137. The molecule has 0 radical (unpaired) electrons. The number of nitrogens with one attached hydrogen (secondary N) is 1. The molecule has 0 unspecified atom stereocenters. The Morgan fingerprint density at radius 2 is 2.30 bits per heavy atom. The molecule has 2 rings (SSSR count). The van der Waals surface area contributed by atoms with E-state index < -0.39 is 0 Å². The molecule has 0 spiro atoms. The minimum Gasteiger partial charge on any atom is -0.371 e. The predicted octanol–water partition coefficient (Wildman–Crippen LogP) is 0.807. The van der Waals surface area contributed by atoms with Crippen LogP contribution in [0.5, 0.6) is 0 Å². The third-order valence-electron chi connectivity index (χ3n) is 2.98. The molecule has 1 aliphatic rings. The highest BCUT2D eigenvalue weighted by atomic mass is 16.5. The van der Waals surface area contributed by atoms with Gasteiger partial charge in [0.05, 0.1) is 13.2 Å². The van der Waals surface area contributed by atoms with Gasteiger partial charge in [0.25, 0.3) is 0 Å². The summed E-state index contributed by atoms with van der Waals surface area (Å²) in [7, 11) is 1.57. The van der Waals surface area contributed by atoms with E-state index in [4.69, 9.17) is 9.26 Å². The molecule has 1 N–H and O–H groups in total. The van der Waals surface area contributed by atoms with E-state index in [1.165, 1.54) is 17.7 Å². The number of hydrogen-bond acceptors (Lipinski definition) is 5. The Hall–Kier alpha value is -1.89. The van der Waals surface area contributed by atoms with Crippen LogP contribution in [0.1, 0.15) is 18.6 Å². The number of nitrogens with zero attached hydrogens (tertiary/aromatic N) is 2. The summed E-state index contributed by atoms with van der Waals surface area (Å²) in [5, 5.41) is 6.20. The normalized spacial score (nSPS) is 14.1. The fourth-order valence-electron chi connectivity index (χ4n) is 1.62. The highest BCUT2D eigenvalue weighted by Gasteiger charge is 2.22. The Kier molecular flexibility index (Phi) is 4.73. The number of hydrogen-bond donors (Lipinski definition) is 1. The minimum atomic E-state index is -0.323. The van der Waals surface area contributed by atoms with Crippen LogP contribution in [0.4, 0.5) is 5.82 Å². The number of rotatable bonds is 7. The molecule has 0 bridgehead atoms. The van der Waals surface area contributed by atoms with Crippen molar-refractivity contribution >= 4 is 17.6 Å². The van der Waals surface area contributed by atoms with Crippen LogP contribution in [-0.4, -0.2) is 48.7 Å². The lowest BCUT2D eigenvalue weighted by Gasteiger charge is -2.16. The van der Waals surface area contributed by atoms with Gasteiger partial charge in [0.2, 0.25) is 11.8 Å². The van der Waals surface area contributed by atoms with E-state index in [9.17, 15) is 9.59 Å². The Morgan fingerprint density at radius 1 is 1.55 bits per heavy atom. The van der Waals surface area contributed by atoms with Crippen molar-refractivity contribution in [3.63, 3.8) is 0 Å². The van der Waals surface area contributed by atoms with E-state index in [0.29, 0.717) is 24.1 Å². The van der Waals surface area contributed by atoms with E-state index in [1.807, 2.05) is 0 Å². The quantitative estimate of drug-likeness (QED) is 0.799. The number of carbonyl (C=O) groups is 2. The van der Waals surface area contributed by atoms with Gasteiger partial charge < -0.3 is 19.5 Å². The Bertz CT molecular complexity index is 482. The van der Waals surface area contributed by atoms with E-state index in [2.05, 4.69) is 10.5 Å². The van der Waals surface area contributed by atoms with Crippen molar-refractivity contribution in [3.05, 3.63) is 11.8 Å². The predicted molar refractivity (Wildman–Crippen MR) is 71.0 cm³/mol. The van der Waals surface area contributed by atoms with Crippen molar-refractivity contribution in [2.24, 2.45) is 5.92 Å². The van der Waals surface area contributed by atoms with Crippen LogP contribution in [0.3, 0.4) is 0 Å². The largest absolute Gasteiger partial charge is 0.371 e. The van der Waals surface area contributed by atoms with Crippen LogP contribution in [-0.2, 0) is 14.3 Å². The Morgan fingerprint density at radius 3 is 2.90 bits per heavy atom. The second-order valence-corrected chi connectivity index (χ2v) is 5.08. The van der Waals surface area contributed by atoms with Gasteiger partial charge in [-0.05, 0) is 25.7 Å². The van der Waals surface area contributed by atoms with Gasteiger partial charge in [0.15, 0.2) is 5.82 Å². The summed E-state index contributed by atoms with van der Waals surface area (Å²) in [6, 6.07) is 1.61. The summed E-state index contributed by atoms with van der Waals surface area (Å²) in [4.78, 5) is 24.8. The number of carbonyl (C=O) groups excluding carboxylic acids is 2. The van der Waals surface area contributed by atoms with E-state index >= 15 is 0 Å². The van der Waals surface area contributed by atoms with Gasteiger partial charge >= 0.3 is 0 Å². The number of amides is 2. The first-order valence-electron chi connectivity index (χ1n) is 6.59. The smallest absolute Gasteiger partial charge is 0.248 e. The van der Waals surface area contributed by atoms with Crippen LogP contribution >= 0.6 is 0 Å². The molecule has 1 fully saturated rings. The number of aromatic nitrogens is 1. The second-order valence-electron chi connectivity index (χ2n) is 5.08. The monoisotopic (exact) mass is 281 g/mol. The summed E-state index contributed by atoms with van der Waals surface area (Å²) in [5.41, 5.74) is 0. The molecule has 0 aromatic carbocycles. The topological polar surface area (TPSA) is 84.7 Å². The fourth-order valence-corrected chi connectivity index (χ4v) is 1.62. The number of anilines is 1. The first-order valence-corrected chi connectivity index (χ1v) is 6.59. The first kappa shape index (κ1) is 14.5. The second kappa shape index (κ2) is 6.51. The highest BCUT2D eigenvalue weighted by Crippen LogP contribution is 2.28. The van der Waals surface area contributed by atoms with Crippen LogP contribution < -0.4 is 5.32 Å². The van der Waals surface area contributed by atoms with Crippen LogP contribution in [0.15, 0.2) is 10.6 Å². The average Bonchev–Trinajstić information content (AvgIpc) is 3.12. The molecule has 0 saturated heterocycles. The third-order valence-corrected chi connectivity index (χ3v) is 2.98. The molecule has 1 aromatic heterocycles. The molecule has 7 nitrogen and oxygen atoms in total. The molecule has 2 amide bonds. The lowest BCUT2D eigenvalue weighted by Crippen LogP contribution is -2.37. The number of ether oxygens (including phenoxy) is 1. The van der Waals surface area contributed by atoms with Gasteiger partial charge in [-0.15, -0.1) is 0 Å². The standard InChI is InChI=1S/C13H19N3O4/c1-9-5-11(15-20-9)14-12(17)6-16(2)13(18)8-19-7-10-3-4-10/h5,10H,3-4,6-8H2,1-2H3,(H,14,15,17). The van der Waals surface area contributed by atoms with E-state index in [0.717, 1.165) is 0 Å². The number of aryl methyl sites for hydroxylation is 1. The van der Waals surface area contributed by atoms with Crippen LogP contribution in [0.2, 0.25) is 0 Å². The fraction of sp³-hybridized carbons (Fsp3) is 0.615. The molecule has 1 aromatic rings. The maximum Gasteiger partial charge on any atom is 0.248 e. The Balaban J connectivity index is 1.67. The number of likely N-dealkylation sites (N-methyl/N-ethyl adjacent to an activating group) is 1. The summed E-state index contributed by atoms with van der Waals surface area (Å²) in [6.07, 6.45) is 2.37. The van der Waals surface area contributed by atoms with E-state index in [-0.39, 0.29) is 25.0 Å². The molecule has 0 aliphatic heterocycles. The van der Waals surface area contributed by atoms with Crippen LogP contribution in [0, 0.1) is 12.8 Å². The van der Waals surface area contributed by atoms with Gasteiger partial charge in [-0.3, -0.25) is 9.59 Å². The zero-order chi connectivity index (χ0) is 14.5. The summed E-state index contributed by atoms with van der Waals surface area (Å²) in [6.45, 7) is 2.33. The molecule has 1 saturated carbocycles. The average molecular weight is 281 g/mol. The molecular weight excluding hydrogens is 262 g/mol. The molecular formula is C13H19N3O4. The zero-order valence-corrected chi connectivity index (χ0v) is 11.7. The van der Waals surface area contributed by atoms with Gasteiger partial charge in [0.1, 0.15) is 12.4 Å². The zero-order valence-electron chi connectivity index (χ0n) is 11.7. The van der Waals surface area contributed by atoms with Crippen molar-refractivity contribution in [1.82, 2.24) is 10.1 Å². The van der Waals surface area contributed by atoms with Crippen molar-refractivity contribution in [1.29, 1.82) is 0 Å². The minimum absolute atomic E-state index is 0.0172. The molecule has 20 heavy (non-hydrogen) atoms. The summed E-state index contributed by atoms with van der Waals surface area (Å²) >= 11 is 0. The van der Waals surface area contributed by atoms with Gasteiger partial charge in [-0.25, -0.2) is 0 Å². The third kappa shape index (κ3) is 4.65.